The maximum Gasteiger partial charge on any atom is 0.126 e. The normalized spacial score (nSPS) is 20.3. The van der Waals surface area contributed by atoms with Crippen molar-refractivity contribution in [1.29, 1.82) is 0 Å². The highest BCUT2D eigenvalue weighted by molar-refractivity contribution is 5.59. The third-order valence-electron chi connectivity index (χ3n) is 3.78. The molecule has 1 atom stereocenters. The second-order valence-corrected chi connectivity index (χ2v) is 5.26. The van der Waals surface area contributed by atoms with E-state index in [0.717, 1.165) is 36.7 Å². The van der Waals surface area contributed by atoms with Crippen LogP contribution in [0.5, 0.6) is 0 Å². The first-order valence-electron chi connectivity index (χ1n) is 5.77. The molecule has 0 radical (unpaired) electrons. The number of hydrogen-bond acceptors (Lipinski definition) is 1. The zero-order chi connectivity index (χ0) is 11.8. The standard InChI is InChI=1S/C14H17FO/c1-14(2,9-16)11-6-7-12-10(8-11)4-3-5-13(12)15/h3-5,9,11H,6-8H2,1-2H3. The van der Waals surface area contributed by atoms with E-state index in [1.54, 1.807) is 6.07 Å². The molecular weight excluding hydrogens is 203 g/mol. The molecule has 0 heterocycles. The Morgan fingerprint density at radius 2 is 2.19 bits per heavy atom. The van der Waals surface area contributed by atoms with E-state index in [2.05, 4.69) is 0 Å². The number of hydrogen-bond donors (Lipinski definition) is 0. The third-order valence-corrected chi connectivity index (χ3v) is 3.78. The fraction of sp³-hybridized carbons (Fsp3) is 0.500. The monoisotopic (exact) mass is 220 g/mol. The maximum absolute atomic E-state index is 13.5. The molecule has 1 aromatic carbocycles. The van der Waals surface area contributed by atoms with Crippen molar-refractivity contribution < 1.29 is 9.18 Å². The molecule has 0 fully saturated rings. The van der Waals surface area contributed by atoms with Gasteiger partial charge < -0.3 is 4.79 Å². The lowest BCUT2D eigenvalue weighted by Crippen LogP contribution is -2.31. The van der Waals surface area contributed by atoms with E-state index in [0.29, 0.717) is 5.92 Å². The summed E-state index contributed by atoms with van der Waals surface area (Å²) in [5.41, 5.74) is 1.62. The van der Waals surface area contributed by atoms with Crippen LogP contribution in [0.25, 0.3) is 0 Å². The third kappa shape index (κ3) is 1.89. The summed E-state index contributed by atoms with van der Waals surface area (Å²) in [6, 6.07) is 5.25. The van der Waals surface area contributed by atoms with E-state index >= 15 is 0 Å². The van der Waals surface area contributed by atoms with Gasteiger partial charge in [-0.2, -0.15) is 0 Å². The first-order chi connectivity index (χ1) is 7.54. The second-order valence-electron chi connectivity index (χ2n) is 5.26. The van der Waals surface area contributed by atoms with E-state index in [4.69, 9.17) is 0 Å². The van der Waals surface area contributed by atoms with Gasteiger partial charge in [-0.25, -0.2) is 4.39 Å². The number of fused-ring (bicyclic) bond motifs is 1. The summed E-state index contributed by atoms with van der Waals surface area (Å²) in [6.07, 6.45) is 3.50. The summed E-state index contributed by atoms with van der Waals surface area (Å²) in [4.78, 5) is 11.0. The molecule has 0 spiro atoms. The maximum atomic E-state index is 13.5. The van der Waals surface area contributed by atoms with Crippen LogP contribution in [0.1, 0.15) is 31.4 Å². The Labute approximate surface area is 95.7 Å². The lowest BCUT2D eigenvalue weighted by molar-refractivity contribution is -0.117. The first-order valence-corrected chi connectivity index (χ1v) is 5.77. The highest BCUT2D eigenvalue weighted by Gasteiger charge is 2.32. The molecule has 0 saturated carbocycles. The minimum Gasteiger partial charge on any atom is -0.303 e. The molecule has 0 aliphatic heterocycles. The lowest BCUT2D eigenvalue weighted by Gasteiger charge is -2.33. The summed E-state index contributed by atoms with van der Waals surface area (Å²) in [5.74, 6) is 0.235. The Kier molecular flexibility index (Phi) is 2.83. The Hall–Kier alpha value is -1.18. The number of benzene rings is 1. The Morgan fingerprint density at radius 1 is 1.44 bits per heavy atom. The zero-order valence-corrected chi connectivity index (χ0v) is 9.79. The average molecular weight is 220 g/mol. The molecule has 2 heteroatoms. The fourth-order valence-corrected chi connectivity index (χ4v) is 2.49. The van der Waals surface area contributed by atoms with Crippen molar-refractivity contribution in [2.75, 3.05) is 0 Å². The fourth-order valence-electron chi connectivity index (χ4n) is 2.49. The van der Waals surface area contributed by atoms with Crippen molar-refractivity contribution in [3.63, 3.8) is 0 Å². The van der Waals surface area contributed by atoms with Crippen molar-refractivity contribution in [2.45, 2.75) is 33.1 Å². The summed E-state index contributed by atoms with van der Waals surface area (Å²) >= 11 is 0. The van der Waals surface area contributed by atoms with E-state index in [-0.39, 0.29) is 11.2 Å². The van der Waals surface area contributed by atoms with Crippen LogP contribution in [0.15, 0.2) is 18.2 Å². The van der Waals surface area contributed by atoms with Gasteiger partial charge in [-0.15, -0.1) is 0 Å². The van der Waals surface area contributed by atoms with Gasteiger partial charge in [0.25, 0.3) is 0 Å². The van der Waals surface area contributed by atoms with Gasteiger partial charge in [0.15, 0.2) is 0 Å². The Balaban J connectivity index is 2.28. The highest BCUT2D eigenvalue weighted by atomic mass is 19.1. The van der Waals surface area contributed by atoms with Crippen LogP contribution in [-0.2, 0) is 17.6 Å². The van der Waals surface area contributed by atoms with E-state index < -0.39 is 0 Å². The van der Waals surface area contributed by atoms with Gasteiger partial charge >= 0.3 is 0 Å². The van der Waals surface area contributed by atoms with Gasteiger partial charge in [-0.3, -0.25) is 0 Å². The van der Waals surface area contributed by atoms with Crippen molar-refractivity contribution in [3.05, 3.63) is 35.1 Å². The molecule has 2 rings (SSSR count). The summed E-state index contributed by atoms with van der Waals surface area (Å²) < 4.78 is 13.5. The SMILES string of the molecule is CC(C)(C=O)C1CCc2c(F)cccc2C1. The molecule has 0 N–H and O–H groups in total. The molecule has 0 amide bonds. The lowest BCUT2D eigenvalue weighted by atomic mass is 9.70. The van der Waals surface area contributed by atoms with Crippen LogP contribution in [0, 0.1) is 17.2 Å². The van der Waals surface area contributed by atoms with Gasteiger partial charge in [0.05, 0.1) is 0 Å². The molecule has 1 aliphatic rings. The smallest absolute Gasteiger partial charge is 0.126 e. The average Bonchev–Trinajstić information content (AvgIpc) is 2.29. The number of aldehydes is 1. The second kappa shape index (κ2) is 4.00. The largest absolute Gasteiger partial charge is 0.303 e. The predicted octanol–water partition coefficient (Wildman–Crippen LogP) is 3.16. The van der Waals surface area contributed by atoms with Crippen molar-refractivity contribution >= 4 is 6.29 Å². The molecule has 1 aliphatic carbocycles. The van der Waals surface area contributed by atoms with E-state index in [1.807, 2.05) is 19.9 Å². The Morgan fingerprint density at radius 3 is 2.88 bits per heavy atom. The molecule has 1 aromatic rings. The highest BCUT2D eigenvalue weighted by Crippen LogP contribution is 2.36. The van der Waals surface area contributed by atoms with Crippen LogP contribution in [0.2, 0.25) is 0 Å². The summed E-state index contributed by atoms with van der Waals surface area (Å²) in [7, 11) is 0. The Bertz CT molecular complexity index is 409. The van der Waals surface area contributed by atoms with Crippen molar-refractivity contribution in [3.8, 4) is 0 Å². The minimum atomic E-state index is -0.302. The zero-order valence-electron chi connectivity index (χ0n) is 9.79. The van der Waals surface area contributed by atoms with E-state index in [1.165, 1.54) is 6.07 Å². The molecule has 1 unspecified atom stereocenters. The minimum absolute atomic E-state index is 0.0974. The molecule has 1 nitrogen and oxygen atoms in total. The summed E-state index contributed by atoms with van der Waals surface area (Å²) in [6.45, 7) is 3.93. The summed E-state index contributed by atoms with van der Waals surface area (Å²) in [5, 5.41) is 0. The molecule has 86 valence electrons. The topological polar surface area (TPSA) is 17.1 Å². The van der Waals surface area contributed by atoms with Crippen LogP contribution in [0.4, 0.5) is 4.39 Å². The van der Waals surface area contributed by atoms with Gasteiger partial charge in [0.2, 0.25) is 0 Å². The van der Waals surface area contributed by atoms with Gasteiger partial charge in [0, 0.05) is 5.41 Å². The van der Waals surface area contributed by atoms with E-state index in [9.17, 15) is 9.18 Å². The number of carbonyl (C=O) groups excluding carboxylic acids is 1. The van der Waals surface area contributed by atoms with Crippen LogP contribution in [-0.4, -0.2) is 6.29 Å². The van der Waals surface area contributed by atoms with Crippen LogP contribution < -0.4 is 0 Å². The molecule has 0 saturated heterocycles. The van der Waals surface area contributed by atoms with Gasteiger partial charge in [-0.05, 0) is 42.4 Å². The van der Waals surface area contributed by atoms with Crippen molar-refractivity contribution in [2.24, 2.45) is 11.3 Å². The molecule has 0 aromatic heterocycles. The van der Waals surface area contributed by atoms with Crippen LogP contribution >= 0.6 is 0 Å². The predicted molar refractivity (Wildman–Crippen MR) is 61.8 cm³/mol. The molecule has 0 bridgehead atoms. The molecule has 16 heavy (non-hydrogen) atoms. The number of carbonyl (C=O) groups is 1. The number of rotatable bonds is 2. The molecular formula is C14H17FO. The first kappa shape index (κ1) is 11.3. The van der Waals surface area contributed by atoms with Crippen LogP contribution in [0.3, 0.4) is 0 Å². The van der Waals surface area contributed by atoms with Crippen molar-refractivity contribution in [1.82, 2.24) is 0 Å². The number of halogens is 1. The quantitative estimate of drug-likeness (QED) is 0.700. The van der Waals surface area contributed by atoms with Gasteiger partial charge in [0.1, 0.15) is 12.1 Å². The van der Waals surface area contributed by atoms with Gasteiger partial charge in [-0.1, -0.05) is 26.0 Å².